The molecule has 1 aromatic rings. The number of ether oxygens (including phenoxy) is 1. The van der Waals surface area contributed by atoms with Crippen LogP contribution in [0.2, 0.25) is 0 Å². The number of carbonyl (C=O) groups is 2. The normalized spacial score (nSPS) is 27.2. The smallest absolute Gasteiger partial charge is 0.244 e. The van der Waals surface area contributed by atoms with E-state index < -0.39 is 0 Å². The highest BCUT2D eigenvalue weighted by Gasteiger charge is 2.41. The van der Waals surface area contributed by atoms with Gasteiger partial charge in [-0.15, -0.1) is 0 Å². The second-order valence-corrected chi connectivity index (χ2v) is 8.75. The summed E-state index contributed by atoms with van der Waals surface area (Å²) >= 11 is 0. The van der Waals surface area contributed by atoms with Crippen LogP contribution in [0.4, 0.5) is 0 Å². The van der Waals surface area contributed by atoms with Crippen LogP contribution in [0.3, 0.4) is 0 Å². The molecule has 0 aliphatic carbocycles. The molecule has 29 heavy (non-hydrogen) atoms. The van der Waals surface area contributed by atoms with Crippen molar-refractivity contribution in [3.63, 3.8) is 0 Å². The maximum absolute atomic E-state index is 13.1. The van der Waals surface area contributed by atoms with E-state index in [-0.39, 0.29) is 30.5 Å². The Balaban J connectivity index is 1.38. The van der Waals surface area contributed by atoms with Gasteiger partial charge in [-0.2, -0.15) is 5.10 Å². The van der Waals surface area contributed by atoms with Gasteiger partial charge in [-0.25, -0.2) is 9.67 Å². The molecule has 4 rings (SSSR count). The van der Waals surface area contributed by atoms with E-state index in [1.54, 1.807) is 4.68 Å². The van der Waals surface area contributed by atoms with E-state index in [4.69, 9.17) is 4.74 Å². The van der Waals surface area contributed by atoms with Crippen LogP contribution in [0.25, 0.3) is 0 Å². The highest BCUT2D eigenvalue weighted by molar-refractivity contribution is 5.78. The average molecular weight is 404 g/mol. The van der Waals surface area contributed by atoms with Crippen LogP contribution in [0.5, 0.6) is 0 Å². The van der Waals surface area contributed by atoms with Gasteiger partial charge >= 0.3 is 0 Å². The van der Waals surface area contributed by atoms with Crippen molar-refractivity contribution in [3.05, 3.63) is 11.6 Å². The number of likely N-dealkylation sites (tertiary alicyclic amines) is 2. The fraction of sp³-hybridized carbons (Fsp3) is 0.810. The van der Waals surface area contributed by atoms with Crippen molar-refractivity contribution in [1.82, 2.24) is 24.6 Å². The molecule has 8 heteroatoms. The number of aromatic nitrogens is 3. The Labute approximate surface area is 172 Å². The second kappa shape index (κ2) is 8.81. The number of amides is 2. The Morgan fingerprint density at radius 1 is 1.10 bits per heavy atom. The molecule has 0 N–H and O–H groups in total. The minimum absolute atomic E-state index is 0.0866. The molecule has 1 aromatic heterocycles. The van der Waals surface area contributed by atoms with Crippen molar-refractivity contribution in [2.45, 2.75) is 77.5 Å². The molecule has 0 saturated carbocycles. The zero-order valence-corrected chi connectivity index (χ0v) is 17.7. The first-order valence-corrected chi connectivity index (χ1v) is 11.1. The number of hydrogen-bond acceptors (Lipinski definition) is 5. The van der Waals surface area contributed by atoms with Crippen LogP contribution in [0, 0.1) is 19.8 Å². The lowest BCUT2D eigenvalue weighted by atomic mass is 9.98. The molecule has 0 radical (unpaired) electrons. The Bertz CT molecular complexity index is 743. The van der Waals surface area contributed by atoms with Gasteiger partial charge in [0.1, 0.15) is 18.2 Å². The first-order valence-electron chi connectivity index (χ1n) is 11.1. The third kappa shape index (κ3) is 4.63. The summed E-state index contributed by atoms with van der Waals surface area (Å²) in [5.74, 6) is 2.13. The monoisotopic (exact) mass is 403 g/mol. The molecule has 160 valence electrons. The molecule has 0 spiro atoms. The van der Waals surface area contributed by atoms with Gasteiger partial charge < -0.3 is 14.5 Å². The Hall–Kier alpha value is -1.96. The van der Waals surface area contributed by atoms with Gasteiger partial charge in [-0.1, -0.05) is 6.42 Å². The predicted molar refractivity (Wildman–Crippen MR) is 107 cm³/mol. The Morgan fingerprint density at radius 2 is 1.97 bits per heavy atom. The quantitative estimate of drug-likeness (QED) is 0.747. The molecule has 3 aliphatic rings. The van der Waals surface area contributed by atoms with Gasteiger partial charge in [0.05, 0.1) is 12.1 Å². The van der Waals surface area contributed by atoms with Crippen molar-refractivity contribution in [2.75, 3.05) is 26.2 Å². The summed E-state index contributed by atoms with van der Waals surface area (Å²) < 4.78 is 7.35. The molecule has 3 saturated heterocycles. The minimum Gasteiger partial charge on any atom is -0.378 e. The van der Waals surface area contributed by atoms with E-state index >= 15 is 0 Å². The lowest BCUT2D eigenvalue weighted by molar-refractivity contribution is -0.136. The van der Waals surface area contributed by atoms with Gasteiger partial charge in [-0.05, 0) is 51.9 Å². The highest BCUT2D eigenvalue weighted by atomic mass is 16.5. The van der Waals surface area contributed by atoms with E-state index in [9.17, 15) is 9.59 Å². The first-order chi connectivity index (χ1) is 14.0. The number of aryl methyl sites for hydroxylation is 2. The van der Waals surface area contributed by atoms with Crippen LogP contribution in [0.1, 0.15) is 56.6 Å². The maximum Gasteiger partial charge on any atom is 0.244 e. The topological polar surface area (TPSA) is 80.6 Å². The summed E-state index contributed by atoms with van der Waals surface area (Å²) in [5.41, 5.74) is 0. The van der Waals surface area contributed by atoms with Gasteiger partial charge in [0, 0.05) is 32.7 Å². The maximum atomic E-state index is 13.1. The number of carbonyl (C=O) groups excluding carboxylic acids is 2. The van der Waals surface area contributed by atoms with Crippen molar-refractivity contribution < 1.29 is 14.3 Å². The molecule has 4 heterocycles. The van der Waals surface area contributed by atoms with Crippen LogP contribution in [-0.2, 0) is 20.9 Å². The minimum atomic E-state index is 0.0866. The highest BCUT2D eigenvalue weighted by Crippen LogP contribution is 2.31. The number of nitrogens with zero attached hydrogens (tertiary/aromatic N) is 5. The molecule has 8 nitrogen and oxygen atoms in total. The molecule has 3 aliphatic heterocycles. The third-order valence-corrected chi connectivity index (χ3v) is 6.66. The van der Waals surface area contributed by atoms with Gasteiger partial charge in [-0.3, -0.25) is 9.59 Å². The van der Waals surface area contributed by atoms with E-state index in [2.05, 4.69) is 10.1 Å². The number of fused-ring (bicyclic) bond motifs is 1. The largest absolute Gasteiger partial charge is 0.378 e. The van der Waals surface area contributed by atoms with Crippen LogP contribution >= 0.6 is 0 Å². The molecule has 0 aromatic carbocycles. The summed E-state index contributed by atoms with van der Waals surface area (Å²) in [6.45, 7) is 6.98. The fourth-order valence-electron chi connectivity index (χ4n) is 5.10. The van der Waals surface area contributed by atoms with Gasteiger partial charge in [0.25, 0.3) is 0 Å². The van der Waals surface area contributed by atoms with E-state index in [1.807, 2.05) is 23.6 Å². The van der Waals surface area contributed by atoms with E-state index in [1.165, 1.54) is 0 Å². The third-order valence-electron chi connectivity index (χ3n) is 6.66. The van der Waals surface area contributed by atoms with Crippen molar-refractivity contribution >= 4 is 11.8 Å². The SMILES string of the molecule is Cc1nc(C)n(CC(=O)N2CCCC[C@H]3CN(C(=O)CCC4CCCO4)C[C@H]32)n1. The van der Waals surface area contributed by atoms with Crippen molar-refractivity contribution in [2.24, 2.45) is 5.92 Å². The van der Waals surface area contributed by atoms with Crippen molar-refractivity contribution in [1.29, 1.82) is 0 Å². The van der Waals surface area contributed by atoms with Crippen molar-refractivity contribution in [3.8, 4) is 0 Å². The zero-order valence-electron chi connectivity index (χ0n) is 17.7. The molecule has 3 fully saturated rings. The lowest BCUT2D eigenvalue weighted by Crippen LogP contribution is -2.46. The van der Waals surface area contributed by atoms with Crippen LogP contribution in [-0.4, -0.2) is 74.8 Å². The molecular formula is C21H33N5O3. The lowest BCUT2D eigenvalue weighted by Gasteiger charge is -2.30. The summed E-state index contributed by atoms with van der Waals surface area (Å²) in [6.07, 6.45) is 7.03. The van der Waals surface area contributed by atoms with E-state index in [0.717, 1.165) is 64.0 Å². The molecule has 0 bridgehead atoms. The number of rotatable bonds is 5. The number of hydrogen-bond donors (Lipinski definition) is 0. The summed E-state index contributed by atoms with van der Waals surface area (Å²) in [4.78, 5) is 34.2. The van der Waals surface area contributed by atoms with Gasteiger partial charge in [0.15, 0.2) is 0 Å². The van der Waals surface area contributed by atoms with Crippen LogP contribution in [0.15, 0.2) is 0 Å². The summed E-state index contributed by atoms with van der Waals surface area (Å²) in [6, 6.07) is 0.126. The zero-order chi connectivity index (χ0) is 20.4. The summed E-state index contributed by atoms with van der Waals surface area (Å²) in [5, 5.41) is 4.34. The standard InChI is InChI=1S/C21H33N5O3/c1-15-22-16(2)26(23-15)14-21(28)25-10-4-3-6-17-12-24(13-19(17)25)20(27)9-8-18-7-5-11-29-18/h17-19H,3-14H2,1-2H3/t17-,18?,19+/m0/s1. The first kappa shape index (κ1) is 20.3. The second-order valence-electron chi connectivity index (χ2n) is 8.75. The molecular weight excluding hydrogens is 370 g/mol. The van der Waals surface area contributed by atoms with E-state index in [0.29, 0.717) is 24.7 Å². The average Bonchev–Trinajstić information content (AvgIpc) is 3.39. The molecule has 1 unspecified atom stereocenters. The fourth-order valence-corrected chi connectivity index (χ4v) is 5.10. The molecule has 2 amide bonds. The van der Waals surface area contributed by atoms with Crippen LogP contribution < -0.4 is 0 Å². The Kier molecular flexibility index (Phi) is 6.18. The van der Waals surface area contributed by atoms with Gasteiger partial charge in [0.2, 0.25) is 11.8 Å². The predicted octanol–water partition coefficient (Wildman–Crippen LogP) is 1.69. The Morgan fingerprint density at radius 3 is 2.69 bits per heavy atom. The summed E-state index contributed by atoms with van der Waals surface area (Å²) in [7, 11) is 0. The molecule has 3 atom stereocenters.